The standard InChI is InChI=1S/C42H45N3O5S/c1-31(2)28-43-42(47)40(27-34-11-7-5-8-12-34)44(29-35-19-15-32(3)16-20-35)41(46)30-45(51(48,49)39-25-17-33(4)18-26-39)36-21-23-38(24-22-36)50-37-13-9-6-10-14-37/h5-26,31,40H,27-30H2,1-4H3,(H,43,47)/t40-/m0/s1. The van der Waals surface area contributed by atoms with Gasteiger partial charge in [0, 0.05) is 19.5 Å². The number of hydrogen-bond donors (Lipinski definition) is 1. The van der Waals surface area contributed by atoms with Crippen LogP contribution < -0.4 is 14.4 Å². The van der Waals surface area contributed by atoms with Crippen molar-refractivity contribution in [2.45, 2.75) is 51.6 Å². The number of nitrogens with zero attached hydrogens (tertiary/aromatic N) is 2. The van der Waals surface area contributed by atoms with Crippen molar-refractivity contribution in [2.75, 3.05) is 17.4 Å². The molecular weight excluding hydrogens is 659 g/mol. The van der Waals surface area contributed by atoms with Gasteiger partial charge < -0.3 is 15.0 Å². The summed E-state index contributed by atoms with van der Waals surface area (Å²) >= 11 is 0. The molecule has 0 unspecified atom stereocenters. The lowest BCUT2D eigenvalue weighted by molar-refractivity contribution is -0.140. The lowest BCUT2D eigenvalue weighted by Gasteiger charge is -2.34. The van der Waals surface area contributed by atoms with Crippen LogP contribution in [-0.2, 0) is 32.6 Å². The van der Waals surface area contributed by atoms with E-state index in [1.807, 2.05) is 113 Å². The Bertz CT molecular complexity index is 1980. The van der Waals surface area contributed by atoms with Crippen LogP contribution in [0.3, 0.4) is 0 Å². The number of rotatable bonds is 15. The highest BCUT2D eigenvalue weighted by Crippen LogP contribution is 2.29. The van der Waals surface area contributed by atoms with E-state index in [2.05, 4.69) is 5.32 Å². The predicted molar refractivity (Wildman–Crippen MR) is 202 cm³/mol. The van der Waals surface area contributed by atoms with E-state index in [1.54, 1.807) is 36.4 Å². The average molecular weight is 704 g/mol. The van der Waals surface area contributed by atoms with Gasteiger partial charge in [0.25, 0.3) is 10.0 Å². The summed E-state index contributed by atoms with van der Waals surface area (Å²) in [6.07, 6.45) is 0.249. The molecule has 5 aromatic carbocycles. The Morgan fingerprint density at radius 2 is 1.24 bits per heavy atom. The molecule has 1 atom stereocenters. The molecule has 5 rings (SSSR count). The summed E-state index contributed by atoms with van der Waals surface area (Å²) in [4.78, 5) is 30.3. The van der Waals surface area contributed by atoms with Crippen molar-refractivity contribution >= 4 is 27.5 Å². The molecule has 5 aromatic rings. The smallest absolute Gasteiger partial charge is 0.264 e. The molecule has 0 radical (unpaired) electrons. The molecule has 9 heteroatoms. The first kappa shape index (κ1) is 36.9. The molecule has 264 valence electrons. The number of carbonyl (C=O) groups is 2. The maximum atomic E-state index is 14.7. The molecule has 2 amide bonds. The van der Waals surface area contributed by atoms with Crippen LogP contribution in [0, 0.1) is 19.8 Å². The largest absolute Gasteiger partial charge is 0.457 e. The van der Waals surface area contributed by atoms with Crippen LogP contribution in [0.4, 0.5) is 5.69 Å². The molecule has 0 heterocycles. The summed E-state index contributed by atoms with van der Waals surface area (Å²) in [6, 6.07) is 38.8. The molecule has 0 saturated heterocycles. The lowest BCUT2D eigenvalue weighted by Crippen LogP contribution is -2.53. The fourth-order valence-corrected chi connectivity index (χ4v) is 6.95. The number of benzene rings is 5. The molecule has 0 aliphatic carbocycles. The molecule has 1 N–H and O–H groups in total. The van der Waals surface area contributed by atoms with Gasteiger partial charge in [0.2, 0.25) is 11.8 Å². The molecule has 0 saturated carbocycles. The Morgan fingerprint density at radius 1 is 0.686 bits per heavy atom. The third-order valence-corrected chi connectivity index (χ3v) is 10.2. The zero-order valence-electron chi connectivity index (χ0n) is 29.5. The van der Waals surface area contributed by atoms with Crippen molar-refractivity contribution in [1.29, 1.82) is 0 Å². The zero-order valence-corrected chi connectivity index (χ0v) is 30.3. The SMILES string of the molecule is Cc1ccc(CN(C(=O)CN(c2ccc(Oc3ccccc3)cc2)S(=O)(=O)c2ccc(C)cc2)[C@@H](Cc2ccccc2)C(=O)NCC(C)C)cc1. The van der Waals surface area contributed by atoms with Crippen LogP contribution in [-0.4, -0.2) is 44.3 Å². The fourth-order valence-electron chi connectivity index (χ4n) is 5.54. The van der Waals surface area contributed by atoms with Gasteiger partial charge in [-0.25, -0.2) is 8.42 Å². The van der Waals surface area contributed by atoms with E-state index in [1.165, 1.54) is 17.0 Å². The van der Waals surface area contributed by atoms with Gasteiger partial charge >= 0.3 is 0 Å². The van der Waals surface area contributed by atoms with Crippen molar-refractivity contribution in [3.63, 3.8) is 0 Å². The maximum Gasteiger partial charge on any atom is 0.264 e. The first-order chi connectivity index (χ1) is 24.5. The fraction of sp³-hybridized carbons (Fsp3) is 0.238. The molecule has 0 spiro atoms. The van der Waals surface area contributed by atoms with Gasteiger partial charge in [-0.2, -0.15) is 0 Å². The molecule has 0 aliphatic rings. The Hall–Kier alpha value is -5.41. The highest BCUT2D eigenvalue weighted by molar-refractivity contribution is 7.92. The second kappa shape index (κ2) is 17.0. The van der Waals surface area contributed by atoms with Gasteiger partial charge in [-0.1, -0.05) is 110 Å². The van der Waals surface area contributed by atoms with Crippen LogP contribution in [0.15, 0.2) is 138 Å². The summed E-state index contributed by atoms with van der Waals surface area (Å²) in [7, 11) is -4.23. The topological polar surface area (TPSA) is 96.0 Å². The molecular formula is C42H45N3O5S. The van der Waals surface area contributed by atoms with Crippen molar-refractivity contribution in [3.05, 3.63) is 156 Å². The number of amides is 2. The van der Waals surface area contributed by atoms with Crippen LogP contribution >= 0.6 is 0 Å². The van der Waals surface area contributed by atoms with Gasteiger partial charge in [-0.05, 0) is 79.4 Å². The first-order valence-electron chi connectivity index (χ1n) is 17.1. The van der Waals surface area contributed by atoms with Gasteiger partial charge in [-0.3, -0.25) is 13.9 Å². The average Bonchev–Trinajstić information content (AvgIpc) is 3.13. The van der Waals surface area contributed by atoms with E-state index in [4.69, 9.17) is 4.74 Å². The second-order valence-corrected chi connectivity index (χ2v) is 14.9. The van der Waals surface area contributed by atoms with E-state index in [0.717, 1.165) is 26.6 Å². The van der Waals surface area contributed by atoms with E-state index in [0.29, 0.717) is 18.0 Å². The van der Waals surface area contributed by atoms with Crippen molar-refractivity contribution in [3.8, 4) is 11.5 Å². The monoisotopic (exact) mass is 703 g/mol. The Labute approximate surface area is 301 Å². The molecule has 0 aromatic heterocycles. The lowest BCUT2D eigenvalue weighted by atomic mass is 10.0. The number of hydrogen-bond acceptors (Lipinski definition) is 5. The van der Waals surface area contributed by atoms with E-state index in [-0.39, 0.29) is 35.4 Å². The molecule has 0 aliphatic heterocycles. The quantitative estimate of drug-likeness (QED) is 0.121. The summed E-state index contributed by atoms with van der Waals surface area (Å²) < 4.78 is 35.8. The van der Waals surface area contributed by atoms with Gasteiger partial charge in [0.1, 0.15) is 24.1 Å². The third kappa shape index (κ3) is 10.1. The van der Waals surface area contributed by atoms with Crippen molar-refractivity contribution in [1.82, 2.24) is 10.2 Å². The maximum absolute atomic E-state index is 14.7. The number of anilines is 1. The first-order valence-corrected chi connectivity index (χ1v) is 18.5. The second-order valence-electron chi connectivity index (χ2n) is 13.1. The van der Waals surface area contributed by atoms with Crippen LogP contribution in [0.2, 0.25) is 0 Å². The van der Waals surface area contributed by atoms with Gasteiger partial charge in [0.05, 0.1) is 10.6 Å². The number of nitrogens with one attached hydrogen (secondary N) is 1. The summed E-state index contributed by atoms with van der Waals surface area (Å²) in [6.45, 7) is 7.87. The van der Waals surface area contributed by atoms with Crippen LogP contribution in [0.5, 0.6) is 11.5 Å². The summed E-state index contributed by atoms with van der Waals surface area (Å²) in [5.41, 5.74) is 3.94. The summed E-state index contributed by atoms with van der Waals surface area (Å²) in [5.74, 6) is 0.516. The predicted octanol–water partition coefficient (Wildman–Crippen LogP) is 7.70. The Morgan fingerprint density at radius 3 is 1.82 bits per heavy atom. The van der Waals surface area contributed by atoms with Crippen molar-refractivity contribution in [2.24, 2.45) is 5.92 Å². The van der Waals surface area contributed by atoms with Crippen molar-refractivity contribution < 1.29 is 22.7 Å². The van der Waals surface area contributed by atoms with E-state index in [9.17, 15) is 18.0 Å². The number of sulfonamides is 1. The highest BCUT2D eigenvalue weighted by atomic mass is 32.2. The number of aryl methyl sites for hydroxylation is 2. The van der Waals surface area contributed by atoms with Crippen LogP contribution in [0.25, 0.3) is 0 Å². The van der Waals surface area contributed by atoms with E-state index < -0.39 is 28.5 Å². The minimum atomic E-state index is -4.23. The number of ether oxygens (including phenoxy) is 1. The summed E-state index contributed by atoms with van der Waals surface area (Å²) in [5, 5.41) is 3.03. The number of para-hydroxylation sites is 1. The molecule has 0 bridgehead atoms. The third-order valence-electron chi connectivity index (χ3n) is 8.42. The van der Waals surface area contributed by atoms with Crippen LogP contribution in [0.1, 0.15) is 36.1 Å². The highest BCUT2D eigenvalue weighted by Gasteiger charge is 2.34. The minimum absolute atomic E-state index is 0.0473. The molecule has 8 nitrogen and oxygen atoms in total. The normalized spacial score (nSPS) is 11.9. The van der Waals surface area contributed by atoms with Gasteiger partial charge in [0.15, 0.2) is 0 Å². The van der Waals surface area contributed by atoms with E-state index >= 15 is 0 Å². The van der Waals surface area contributed by atoms with Gasteiger partial charge in [-0.15, -0.1) is 0 Å². The molecule has 0 fully saturated rings. The number of carbonyl (C=O) groups excluding carboxylic acids is 2. The molecule has 51 heavy (non-hydrogen) atoms. The Balaban J connectivity index is 1.55. The Kier molecular flexibility index (Phi) is 12.3. The zero-order chi connectivity index (χ0) is 36.4. The minimum Gasteiger partial charge on any atom is -0.457 e.